The second kappa shape index (κ2) is 5.71. The van der Waals surface area contributed by atoms with E-state index < -0.39 is 0 Å². The number of rotatable bonds is 3. The minimum atomic E-state index is -0.343. The Hall–Kier alpha value is -2.11. The highest BCUT2D eigenvalue weighted by atomic mass is 32.1. The number of aromatic nitrogens is 2. The van der Waals surface area contributed by atoms with Crippen molar-refractivity contribution in [1.29, 1.82) is 0 Å². The summed E-state index contributed by atoms with van der Waals surface area (Å²) < 4.78 is 13.0. The molecule has 0 unspecified atom stereocenters. The van der Waals surface area contributed by atoms with Crippen LogP contribution in [-0.2, 0) is 6.54 Å². The van der Waals surface area contributed by atoms with E-state index in [4.69, 9.17) is 5.73 Å². The predicted octanol–water partition coefficient (Wildman–Crippen LogP) is 3.78. The van der Waals surface area contributed by atoms with Gasteiger partial charge >= 0.3 is 0 Å². The van der Waals surface area contributed by atoms with Gasteiger partial charge < -0.3 is 5.73 Å². The molecule has 2 aromatic heterocycles. The summed E-state index contributed by atoms with van der Waals surface area (Å²) in [6.07, 6.45) is 1.21. The van der Waals surface area contributed by atoms with Crippen molar-refractivity contribution in [3.63, 3.8) is 0 Å². The fourth-order valence-electron chi connectivity index (χ4n) is 2.06. The van der Waals surface area contributed by atoms with Gasteiger partial charge in [-0.2, -0.15) is 0 Å². The molecule has 106 valence electrons. The van der Waals surface area contributed by atoms with E-state index in [9.17, 15) is 4.39 Å². The van der Waals surface area contributed by atoms with Crippen LogP contribution in [0.25, 0.3) is 22.0 Å². The molecule has 0 atom stereocenters. The first kappa shape index (κ1) is 13.9. The lowest BCUT2D eigenvalue weighted by molar-refractivity contribution is 0.622. The second-order valence-electron chi connectivity index (χ2n) is 4.69. The molecule has 2 heterocycles. The fourth-order valence-corrected chi connectivity index (χ4v) is 2.98. The zero-order valence-corrected chi connectivity index (χ0v) is 12.3. The summed E-state index contributed by atoms with van der Waals surface area (Å²) >= 11 is 1.60. The maximum absolute atomic E-state index is 13.0. The number of pyridine rings is 1. The summed E-state index contributed by atoms with van der Waals surface area (Å²) in [7, 11) is 0. The maximum atomic E-state index is 13.0. The zero-order valence-electron chi connectivity index (χ0n) is 11.5. The summed E-state index contributed by atoms with van der Waals surface area (Å²) in [5, 5.41) is 0.928. The molecule has 5 heteroatoms. The third kappa shape index (κ3) is 2.84. The normalized spacial score (nSPS) is 10.8. The topological polar surface area (TPSA) is 51.8 Å². The highest BCUT2D eigenvalue weighted by Gasteiger charge is 2.12. The lowest BCUT2D eigenvalue weighted by Crippen LogP contribution is -1.95. The van der Waals surface area contributed by atoms with Crippen molar-refractivity contribution < 1.29 is 4.39 Å². The standard InChI is InChI=1S/C16H14FN3S/c1-10-15(14-7-6-13(17)9-19-14)20-16(21-10)12-4-2-11(8-18)3-5-12/h2-7,9H,8,18H2,1H3. The largest absolute Gasteiger partial charge is 0.326 e. The van der Waals surface area contributed by atoms with Crippen LogP contribution in [0.15, 0.2) is 42.6 Å². The van der Waals surface area contributed by atoms with Gasteiger partial charge in [-0.25, -0.2) is 9.37 Å². The van der Waals surface area contributed by atoms with E-state index >= 15 is 0 Å². The van der Waals surface area contributed by atoms with Crippen molar-refractivity contribution in [2.24, 2.45) is 5.73 Å². The van der Waals surface area contributed by atoms with E-state index in [-0.39, 0.29) is 5.82 Å². The number of aryl methyl sites for hydroxylation is 1. The smallest absolute Gasteiger partial charge is 0.141 e. The van der Waals surface area contributed by atoms with E-state index in [1.54, 1.807) is 17.4 Å². The SMILES string of the molecule is Cc1sc(-c2ccc(CN)cc2)nc1-c1ccc(F)cn1. The third-order valence-corrected chi connectivity index (χ3v) is 4.22. The van der Waals surface area contributed by atoms with Crippen LogP contribution >= 0.6 is 11.3 Å². The molecule has 0 aliphatic carbocycles. The average molecular weight is 299 g/mol. The molecule has 0 saturated heterocycles. The monoisotopic (exact) mass is 299 g/mol. The Balaban J connectivity index is 1.98. The van der Waals surface area contributed by atoms with Crippen LogP contribution in [0.4, 0.5) is 4.39 Å². The molecule has 0 aliphatic heterocycles. The summed E-state index contributed by atoms with van der Waals surface area (Å²) in [5.41, 5.74) is 9.24. The molecular formula is C16H14FN3S. The summed E-state index contributed by atoms with van der Waals surface area (Å²) in [5.74, 6) is -0.343. The lowest BCUT2D eigenvalue weighted by Gasteiger charge is -1.99. The Morgan fingerprint density at radius 2 is 1.90 bits per heavy atom. The highest BCUT2D eigenvalue weighted by molar-refractivity contribution is 7.15. The zero-order chi connectivity index (χ0) is 14.8. The van der Waals surface area contributed by atoms with Crippen molar-refractivity contribution in [1.82, 2.24) is 9.97 Å². The quantitative estimate of drug-likeness (QED) is 0.800. The third-order valence-electron chi connectivity index (χ3n) is 3.20. The summed E-state index contributed by atoms with van der Waals surface area (Å²) in [4.78, 5) is 9.80. The Morgan fingerprint density at radius 3 is 2.52 bits per heavy atom. The van der Waals surface area contributed by atoms with Crippen LogP contribution in [0.1, 0.15) is 10.4 Å². The van der Waals surface area contributed by atoms with Crippen LogP contribution in [0.5, 0.6) is 0 Å². The van der Waals surface area contributed by atoms with Crippen LogP contribution in [0.3, 0.4) is 0 Å². The van der Waals surface area contributed by atoms with Gasteiger partial charge in [0.1, 0.15) is 16.5 Å². The molecule has 1 aromatic carbocycles. The Labute approximate surface area is 126 Å². The average Bonchev–Trinajstić information content (AvgIpc) is 2.90. The van der Waals surface area contributed by atoms with Crippen molar-refractivity contribution in [3.8, 4) is 22.0 Å². The molecule has 21 heavy (non-hydrogen) atoms. The molecule has 0 saturated carbocycles. The first-order valence-corrected chi connectivity index (χ1v) is 7.38. The highest BCUT2D eigenvalue weighted by Crippen LogP contribution is 2.32. The first-order chi connectivity index (χ1) is 10.2. The molecular weight excluding hydrogens is 285 g/mol. The van der Waals surface area contributed by atoms with Gasteiger partial charge in [-0.15, -0.1) is 11.3 Å². The Bertz CT molecular complexity index is 748. The van der Waals surface area contributed by atoms with Crippen LogP contribution in [0, 0.1) is 12.7 Å². The van der Waals surface area contributed by atoms with Crippen LogP contribution in [-0.4, -0.2) is 9.97 Å². The minimum absolute atomic E-state index is 0.343. The number of nitrogens with two attached hydrogens (primary N) is 1. The molecule has 0 amide bonds. The Morgan fingerprint density at radius 1 is 1.14 bits per heavy atom. The molecule has 0 radical (unpaired) electrons. The number of benzene rings is 1. The molecule has 3 nitrogen and oxygen atoms in total. The van der Waals surface area contributed by atoms with E-state index in [1.807, 2.05) is 31.2 Å². The van der Waals surface area contributed by atoms with Gasteiger partial charge in [0.2, 0.25) is 0 Å². The maximum Gasteiger partial charge on any atom is 0.141 e. The van der Waals surface area contributed by atoms with Gasteiger partial charge in [-0.1, -0.05) is 24.3 Å². The van der Waals surface area contributed by atoms with Gasteiger partial charge in [0, 0.05) is 17.0 Å². The number of hydrogen-bond acceptors (Lipinski definition) is 4. The molecule has 0 bridgehead atoms. The minimum Gasteiger partial charge on any atom is -0.326 e. The van der Waals surface area contributed by atoms with E-state index in [0.29, 0.717) is 12.2 Å². The molecule has 3 rings (SSSR count). The summed E-state index contributed by atoms with van der Waals surface area (Å²) in [6.45, 7) is 2.53. The molecule has 0 fully saturated rings. The first-order valence-electron chi connectivity index (χ1n) is 6.56. The van der Waals surface area contributed by atoms with Gasteiger partial charge in [0.05, 0.1) is 11.9 Å². The number of thiazole rings is 1. The van der Waals surface area contributed by atoms with Crippen molar-refractivity contribution >= 4 is 11.3 Å². The number of hydrogen-bond donors (Lipinski definition) is 1. The van der Waals surface area contributed by atoms with Gasteiger partial charge in [0.15, 0.2) is 0 Å². The molecule has 3 aromatic rings. The van der Waals surface area contributed by atoms with Crippen LogP contribution in [0.2, 0.25) is 0 Å². The second-order valence-corrected chi connectivity index (χ2v) is 5.89. The van der Waals surface area contributed by atoms with Gasteiger partial charge in [0.25, 0.3) is 0 Å². The summed E-state index contributed by atoms with van der Waals surface area (Å²) in [6, 6.07) is 11.1. The van der Waals surface area contributed by atoms with Gasteiger partial charge in [-0.05, 0) is 24.6 Å². The van der Waals surface area contributed by atoms with Crippen molar-refractivity contribution in [2.45, 2.75) is 13.5 Å². The Kier molecular flexibility index (Phi) is 3.77. The lowest BCUT2D eigenvalue weighted by atomic mass is 10.1. The molecule has 0 spiro atoms. The number of nitrogens with zero attached hydrogens (tertiary/aromatic N) is 2. The van der Waals surface area contributed by atoms with E-state index in [1.165, 1.54) is 12.3 Å². The molecule has 0 aliphatic rings. The van der Waals surface area contributed by atoms with Gasteiger partial charge in [-0.3, -0.25) is 4.98 Å². The molecule has 2 N–H and O–H groups in total. The fraction of sp³-hybridized carbons (Fsp3) is 0.125. The van der Waals surface area contributed by atoms with Crippen molar-refractivity contribution in [3.05, 3.63) is 58.9 Å². The van der Waals surface area contributed by atoms with E-state index in [2.05, 4.69) is 9.97 Å². The predicted molar refractivity (Wildman–Crippen MR) is 83.4 cm³/mol. The van der Waals surface area contributed by atoms with Crippen LogP contribution < -0.4 is 5.73 Å². The van der Waals surface area contributed by atoms with Crippen molar-refractivity contribution in [2.75, 3.05) is 0 Å². The number of halogens is 1. The van der Waals surface area contributed by atoms with E-state index in [0.717, 1.165) is 26.7 Å².